The van der Waals surface area contributed by atoms with Crippen molar-refractivity contribution in [2.75, 3.05) is 11.9 Å². The van der Waals surface area contributed by atoms with Gasteiger partial charge in [0.1, 0.15) is 5.01 Å². The Morgan fingerprint density at radius 1 is 1.12 bits per heavy atom. The number of nitrogens with one attached hydrogen (secondary N) is 2. The second-order valence-corrected chi connectivity index (χ2v) is 6.74. The molecule has 0 atom stereocenters. The van der Waals surface area contributed by atoms with E-state index in [9.17, 15) is 9.59 Å². The molecule has 0 fully saturated rings. The van der Waals surface area contributed by atoms with Gasteiger partial charge in [-0.15, -0.1) is 10.2 Å². The summed E-state index contributed by atoms with van der Waals surface area (Å²) in [5.41, 5.74) is 0.620. The smallest absolute Gasteiger partial charge is 0.251 e. The van der Waals surface area contributed by atoms with Crippen LogP contribution in [0.15, 0.2) is 30.3 Å². The van der Waals surface area contributed by atoms with Gasteiger partial charge in [0.2, 0.25) is 11.0 Å². The molecule has 0 radical (unpaired) electrons. The summed E-state index contributed by atoms with van der Waals surface area (Å²) in [6.45, 7) is 4.70. The van der Waals surface area contributed by atoms with E-state index < -0.39 is 0 Å². The molecule has 1 heterocycles. The first kappa shape index (κ1) is 19.1. The summed E-state index contributed by atoms with van der Waals surface area (Å²) in [4.78, 5) is 23.8. The fourth-order valence-electron chi connectivity index (χ4n) is 2.41. The van der Waals surface area contributed by atoms with Gasteiger partial charge in [-0.1, -0.05) is 43.4 Å². The molecule has 0 saturated carbocycles. The maximum atomic E-state index is 12.0. The Labute approximate surface area is 152 Å². The van der Waals surface area contributed by atoms with Crippen molar-refractivity contribution in [2.45, 2.75) is 45.4 Å². The maximum Gasteiger partial charge on any atom is 0.251 e. The zero-order valence-electron chi connectivity index (χ0n) is 14.6. The standard InChI is InChI=1S/C18H24N4O2S/c1-3-13(4-2)17-21-22-18(25-17)20-15(23)11-8-12-19-16(24)14-9-6-5-7-10-14/h5-7,9-10,13H,3-4,8,11-12H2,1-2H3,(H,19,24)(H,20,22,23). The molecule has 2 rings (SSSR count). The SMILES string of the molecule is CCC(CC)c1nnc(NC(=O)CCCNC(=O)c2ccccc2)s1. The van der Waals surface area contributed by atoms with E-state index in [1.54, 1.807) is 12.1 Å². The lowest BCUT2D eigenvalue weighted by molar-refractivity contribution is -0.116. The highest BCUT2D eigenvalue weighted by Crippen LogP contribution is 2.28. The van der Waals surface area contributed by atoms with Crippen molar-refractivity contribution in [1.82, 2.24) is 15.5 Å². The van der Waals surface area contributed by atoms with Crippen LogP contribution in [0.1, 0.15) is 60.8 Å². The molecular weight excluding hydrogens is 336 g/mol. The summed E-state index contributed by atoms with van der Waals surface area (Å²) in [6, 6.07) is 9.02. The summed E-state index contributed by atoms with van der Waals surface area (Å²) < 4.78 is 0. The summed E-state index contributed by atoms with van der Waals surface area (Å²) in [5, 5.41) is 15.3. The van der Waals surface area contributed by atoms with Gasteiger partial charge in [0.05, 0.1) is 0 Å². The molecule has 1 aromatic heterocycles. The second kappa shape index (κ2) is 9.88. The quantitative estimate of drug-likeness (QED) is 0.669. The van der Waals surface area contributed by atoms with Crippen LogP contribution >= 0.6 is 11.3 Å². The summed E-state index contributed by atoms with van der Waals surface area (Å²) in [6.07, 6.45) is 2.93. The van der Waals surface area contributed by atoms with Gasteiger partial charge in [0.15, 0.2) is 0 Å². The van der Waals surface area contributed by atoms with Crippen LogP contribution in [-0.4, -0.2) is 28.6 Å². The number of hydrogen-bond acceptors (Lipinski definition) is 5. The molecule has 0 spiro atoms. The van der Waals surface area contributed by atoms with Crippen molar-refractivity contribution in [3.05, 3.63) is 40.9 Å². The number of benzene rings is 1. The van der Waals surface area contributed by atoms with Crippen LogP contribution in [0.2, 0.25) is 0 Å². The van der Waals surface area contributed by atoms with Crippen LogP contribution in [0.4, 0.5) is 5.13 Å². The molecule has 6 nitrogen and oxygen atoms in total. The number of nitrogens with zero attached hydrogens (tertiary/aromatic N) is 2. The summed E-state index contributed by atoms with van der Waals surface area (Å²) in [7, 11) is 0. The minimum atomic E-state index is -0.125. The Morgan fingerprint density at radius 2 is 1.84 bits per heavy atom. The van der Waals surface area contributed by atoms with Crippen molar-refractivity contribution < 1.29 is 9.59 Å². The van der Waals surface area contributed by atoms with Gasteiger partial charge < -0.3 is 10.6 Å². The molecule has 25 heavy (non-hydrogen) atoms. The lowest BCUT2D eigenvalue weighted by Crippen LogP contribution is -2.25. The van der Waals surface area contributed by atoms with Crippen LogP contribution in [-0.2, 0) is 4.79 Å². The predicted octanol–water partition coefficient (Wildman–Crippen LogP) is 3.59. The highest BCUT2D eigenvalue weighted by molar-refractivity contribution is 7.15. The Morgan fingerprint density at radius 3 is 2.52 bits per heavy atom. The normalized spacial score (nSPS) is 10.7. The predicted molar refractivity (Wildman–Crippen MR) is 99.9 cm³/mol. The van der Waals surface area contributed by atoms with Crippen molar-refractivity contribution in [2.24, 2.45) is 0 Å². The average Bonchev–Trinajstić information content (AvgIpc) is 3.08. The average molecular weight is 360 g/mol. The molecule has 2 aromatic rings. The molecule has 2 amide bonds. The highest BCUT2D eigenvalue weighted by Gasteiger charge is 2.14. The van der Waals surface area contributed by atoms with Crippen LogP contribution < -0.4 is 10.6 Å². The largest absolute Gasteiger partial charge is 0.352 e. The molecular formula is C18H24N4O2S. The fraction of sp³-hybridized carbons (Fsp3) is 0.444. The van der Waals surface area contributed by atoms with Gasteiger partial charge in [-0.05, 0) is 31.4 Å². The summed E-state index contributed by atoms with van der Waals surface area (Å²) in [5.74, 6) is 0.164. The zero-order chi connectivity index (χ0) is 18.1. The van der Waals surface area contributed by atoms with E-state index in [0.29, 0.717) is 36.0 Å². The highest BCUT2D eigenvalue weighted by atomic mass is 32.1. The molecule has 0 aliphatic heterocycles. The molecule has 0 aliphatic carbocycles. The molecule has 0 saturated heterocycles. The van der Waals surface area contributed by atoms with Gasteiger partial charge in [0, 0.05) is 24.4 Å². The lowest BCUT2D eigenvalue weighted by Gasteiger charge is -2.06. The summed E-state index contributed by atoms with van der Waals surface area (Å²) >= 11 is 1.44. The van der Waals surface area contributed by atoms with Gasteiger partial charge in [0.25, 0.3) is 5.91 Å². The van der Waals surface area contributed by atoms with Crippen molar-refractivity contribution >= 4 is 28.3 Å². The molecule has 134 valence electrons. The number of carbonyl (C=O) groups is 2. The second-order valence-electron chi connectivity index (χ2n) is 5.73. The molecule has 1 aromatic carbocycles. The number of anilines is 1. The van der Waals surface area contributed by atoms with Crippen molar-refractivity contribution in [3.63, 3.8) is 0 Å². The topological polar surface area (TPSA) is 84.0 Å². The Hall–Kier alpha value is -2.28. The van der Waals surface area contributed by atoms with Crippen LogP contribution in [0.25, 0.3) is 0 Å². The molecule has 0 unspecified atom stereocenters. The lowest BCUT2D eigenvalue weighted by atomic mass is 10.1. The first-order valence-electron chi connectivity index (χ1n) is 8.60. The Kier molecular flexibility index (Phi) is 7.53. The van der Waals surface area contributed by atoms with Crippen LogP contribution in [0.5, 0.6) is 0 Å². The van der Waals surface area contributed by atoms with Crippen molar-refractivity contribution in [1.29, 1.82) is 0 Å². The van der Waals surface area contributed by atoms with E-state index in [2.05, 4.69) is 34.7 Å². The first-order valence-corrected chi connectivity index (χ1v) is 9.42. The number of rotatable bonds is 9. The minimum absolute atomic E-state index is 0.110. The first-order chi connectivity index (χ1) is 12.1. The van der Waals surface area contributed by atoms with E-state index in [0.717, 1.165) is 17.8 Å². The Bertz CT molecular complexity index is 683. The van der Waals surface area contributed by atoms with E-state index in [1.165, 1.54) is 11.3 Å². The van der Waals surface area contributed by atoms with E-state index in [4.69, 9.17) is 0 Å². The molecule has 0 aliphatic rings. The third-order valence-electron chi connectivity index (χ3n) is 3.92. The van der Waals surface area contributed by atoms with Gasteiger partial charge in [-0.3, -0.25) is 9.59 Å². The van der Waals surface area contributed by atoms with Crippen LogP contribution in [0.3, 0.4) is 0 Å². The molecule has 0 bridgehead atoms. The minimum Gasteiger partial charge on any atom is -0.352 e. The van der Waals surface area contributed by atoms with Gasteiger partial charge in [-0.25, -0.2) is 0 Å². The number of carbonyl (C=O) groups excluding carboxylic acids is 2. The Balaban J connectivity index is 1.70. The number of aromatic nitrogens is 2. The van der Waals surface area contributed by atoms with Crippen molar-refractivity contribution in [3.8, 4) is 0 Å². The zero-order valence-corrected chi connectivity index (χ0v) is 15.4. The third-order valence-corrected chi connectivity index (χ3v) is 4.93. The fourth-order valence-corrected chi connectivity index (χ4v) is 3.44. The monoisotopic (exact) mass is 360 g/mol. The van der Waals surface area contributed by atoms with E-state index >= 15 is 0 Å². The van der Waals surface area contributed by atoms with E-state index in [-0.39, 0.29) is 11.8 Å². The van der Waals surface area contributed by atoms with E-state index in [1.807, 2.05) is 18.2 Å². The number of amides is 2. The molecule has 7 heteroatoms. The van der Waals surface area contributed by atoms with Crippen LogP contribution in [0, 0.1) is 0 Å². The van der Waals surface area contributed by atoms with Gasteiger partial charge in [-0.2, -0.15) is 0 Å². The third kappa shape index (κ3) is 5.94. The number of hydrogen-bond donors (Lipinski definition) is 2. The van der Waals surface area contributed by atoms with Gasteiger partial charge >= 0.3 is 0 Å². The maximum absolute atomic E-state index is 12.0. The molecule has 2 N–H and O–H groups in total.